The van der Waals surface area contributed by atoms with Gasteiger partial charge in [0.1, 0.15) is 5.75 Å². The largest absolute Gasteiger partial charge is 0.573 e. The first-order valence-corrected chi connectivity index (χ1v) is 4.13. The van der Waals surface area contributed by atoms with Gasteiger partial charge < -0.3 is 10.1 Å². The van der Waals surface area contributed by atoms with Gasteiger partial charge in [-0.1, -0.05) is 0 Å². The highest BCUT2D eigenvalue weighted by atomic mass is 32.1. The molecule has 0 amide bonds. The predicted molar refractivity (Wildman–Crippen MR) is 49.9 cm³/mol. The fourth-order valence-electron chi connectivity index (χ4n) is 0.920. The molecule has 6 heteroatoms. The molecule has 0 aliphatic carbocycles. The lowest BCUT2D eigenvalue weighted by Crippen LogP contribution is -2.17. The first-order valence-electron chi connectivity index (χ1n) is 3.69. The molecule has 1 aromatic rings. The van der Waals surface area contributed by atoms with Gasteiger partial charge in [-0.15, -0.1) is 25.8 Å². The molecule has 0 atom stereocenters. The van der Waals surface area contributed by atoms with Crippen molar-refractivity contribution in [1.82, 2.24) is 0 Å². The summed E-state index contributed by atoms with van der Waals surface area (Å²) >= 11 is 3.99. The van der Waals surface area contributed by atoms with Crippen molar-refractivity contribution in [2.45, 2.75) is 11.3 Å². The van der Waals surface area contributed by atoms with Gasteiger partial charge >= 0.3 is 6.36 Å². The summed E-state index contributed by atoms with van der Waals surface area (Å²) in [6.45, 7) is 0. The van der Waals surface area contributed by atoms with Crippen molar-refractivity contribution in [2.75, 3.05) is 12.4 Å². The van der Waals surface area contributed by atoms with Crippen LogP contribution < -0.4 is 10.1 Å². The van der Waals surface area contributed by atoms with Crippen LogP contribution in [-0.4, -0.2) is 13.4 Å². The van der Waals surface area contributed by atoms with Gasteiger partial charge in [-0.05, 0) is 18.2 Å². The second-order valence-corrected chi connectivity index (χ2v) is 2.96. The summed E-state index contributed by atoms with van der Waals surface area (Å²) in [4.78, 5) is 0.397. The highest BCUT2D eigenvalue weighted by Gasteiger charge is 2.31. The van der Waals surface area contributed by atoms with Crippen LogP contribution in [0.5, 0.6) is 5.75 Å². The molecule has 0 aromatic heterocycles. The summed E-state index contributed by atoms with van der Waals surface area (Å²) in [5.74, 6) is -0.276. The van der Waals surface area contributed by atoms with Crippen LogP contribution in [0, 0.1) is 0 Å². The third-order valence-corrected chi connectivity index (χ3v) is 1.84. The van der Waals surface area contributed by atoms with Gasteiger partial charge in [0, 0.05) is 17.6 Å². The molecule has 0 spiro atoms. The van der Waals surface area contributed by atoms with Gasteiger partial charge in [0.25, 0.3) is 0 Å². The maximum Gasteiger partial charge on any atom is 0.573 e. The van der Waals surface area contributed by atoms with Crippen molar-refractivity contribution < 1.29 is 17.9 Å². The maximum absolute atomic E-state index is 11.8. The lowest BCUT2D eigenvalue weighted by Gasteiger charge is -2.10. The van der Waals surface area contributed by atoms with Crippen LogP contribution >= 0.6 is 12.6 Å². The highest BCUT2D eigenvalue weighted by molar-refractivity contribution is 7.80. The molecule has 1 N–H and O–H groups in total. The Kier molecular flexibility index (Phi) is 3.15. The third kappa shape index (κ3) is 3.02. The molecule has 0 bridgehead atoms. The topological polar surface area (TPSA) is 21.3 Å². The Morgan fingerprint density at radius 2 is 2.00 bits per heavy atom. The van der Waals surface area contributed by atoms with Crippen molar-refractivity contribution in [3.63, 3.8) is 0 Å². The summed E-state index contributed by atoms with van der Waals surface area (Å²) in [5.41, 5.74) is 0.642. The molecule has 0 unspecified atom stereocenters. The molecule has 0 aliphatic rings. The van der Waals surface area contributed by atoms with Crippen LogP contribution in [0.2, 0.25) is 0 Å². The molecule has 14 heavy (non-hydrogen) atoms. The SMILES string of the molecule is CNc1ccc(OC(F)(F)F)cc1S. The average Bonchev–Trinajstić information content (AvgIpc) is 2.01. The van der Waals surface area contributed by atoms with Crippen LogP contribution in [0.15, 0.2) is 23.1 Å². The Morgan fingerprint density at radius 1 is 1.36 bits per heavy atom. The van der Waals surface area contributed by atoms with Gasteiger partial charge in [-0.2, -0.15) is 0 Å². The Bertz CT molecular complexity index is 327. The number of anilines is 1. The van der Waals surface area contributed by atoms with Crippen molar-refractivity contribution in [1.29, 1.82) is 0 Å². The van der Waals surface area contributed by atoms with E-state index in [9.17, 15) is 13.2 Å². The molecule has 1 rings (SSSR count). The first-order chi connectivity index (χ1) is 6.42. The van der Waals surface area contributed by atoms with E-state index in [1.807, 2.05) is 0 Å². The number of hydrogen-bond donors (Lipinski definition) is 2. The molecule has 0 radical (unpaired) electrons. The van der Waals surface area contributed by atoms with Gasteiger partial charge in [0.05, 0.1) is 0 Å². The zero-order valence-electron chi connectivity index (χ0n) is 7.22. The number of hydrogen-bond acceptors (Lipinski definition) is 3. The number of thiol groups is 1. The van der Waals surface area contributed by atoms with Crippen molar-refractivity contribution in [3.05, 3.63) is 18.2 Å². The zero-order valence-corrected chi connectivity index (χ0v) is 8.12. The summed E-state index contributed by atoms with van der Waals surface area (Å²) in [7, 11) is 1.65. The number of nitrogens with one attached hydrogen (secondary N) is 1. The quantitative estimate of drug-likeness (QED) is 0.752. The minimum absolute atomic E-state index is 0.276. The summed E-state index contributed by atoms with van der Waals surface area (Å²) < 4.78 is 39.1. The molecule has 0 heterocycles. The van der Waals surface area contributed by atoms with Crippen LogP contribution in [0.4, 0.5) is 18.9 Å². The second kappa shape index (κ2) is 4.00. The summed E-state index contributed by atoms with van der Waals surface area (Å²) in [5, 5.41) is 2.77. The van der Waals surface area contributed by atoms with Gasteiger partial charge in [-0.3, -0.25) is 0 Å². The van der Waals surface area contributed by atoms with Crippen molar-refractivity contribution in [2.24, 2.45) is 0 Å². The van der Waals surface area contributed by atoms with E-state index in [0.29, 0.717) is 10.6 Å². The maximum atomic E-state index is 11.8. The molecular weight excluding hydrogens is 215 g/mol. The van der Waals surface area contributed by atoms with Gasteiger partial charge in [0.2, 0.25) is 0 Å². The van der Waals surface area contributed by atoms with Crippen molar-refractivity contribution >= 4 is 18.3 Å². The number of rotatable bonds is 2. The molecule has 0 fully saturated rings. The standard InChI is InChI=1S/C8H8F3NOS/c1-12-6-3-2-5(4-7(6)14)13-8(9,10)11/h2-4,12,14H,1H3. The van der Waals surface area contributed by atoms with Crippen LogP contribution in [0.1, 0.15) is 0 Å². The molecule has 78 valence electrons. The van der Waals surface area contributed by atoms with Gasteiger partial charge in [0.15, 0.2) is 0 Å². The van der Waals surface area contributed by atoms with E-state index in [1.165, 1.54) is 18.2 Å². The Labute approximate surface area is 84.5 Å². The number of benzene rings is 1. The molecule has 0 saturated carbocycles. The highest BCUT2D eigenvalue weighted by Crippen LogP contribution is 2.28. The van der Waals surface area contributed by atoms with E-state index in [-0.39, 0.29) is 5.75 Å². The minimum atomic E-state index is -4.67. The van der Waals surface area contributed by atoms with Crippen molar-refractivity contribution in [3.8, 4) is 5.75 Å². The fraction of sp³-hybridized carbons (Fsp3) is 0.250. The van der Waals surface area contributed by atoms with Crippen LogP contribution in [-0.2, 0) is 0 Å². The lowest BCUT2D eigenvalue weighted by atomic mass is 10.3. The van der Waals surface area contributed by atoms with E-state index in [1.54, 1.807) is 7.05 Å². The molecule has 0 saturated heterocycles. The zero-order chi connectivity index (χ0) is 10.8. The fourth-order valence-corrected chi connectivity index (χ4v) is 1.23. The average molecular weight is 223 g/mol. The predicted octanol–water partition coefficient (Wildman–Crippen LogP) is 2.92. The number of alkyl halides is 3. The van der Waals surface area contributed by atoms with Gasteiger partial charge in [-0.25, -0.2) is 0 Å². The van der Waals surface area contributed by atoms with Crippen LogP contribution in [0.3, 0.4) is 0 Å². The summed E-state index contributed by atoms with van der Waals surface area (Å²) in [6.07, 6.45) is -4.67. The first kappa shape index (κ1) is 11.0. The molecular formula is C8H8F3NOS. The third-order valence-electron chi connectivity index (χ3n) is 1.47. The van der Waals surface area contributed by atoms with E-state index in [2.05, 4.69) is 22.7 Å². The normalized spacial score (nSPS) is 11.2. The Balaban J connectivity index is 2.87. The second-order valence-electron chi connectivity index (χ2n) is 2.48. The number of ether oxygens (including phenoxy) is 1. The number of halogens is 3. The Hall–Kier alpha value is -1.04. The Morgan fingerprint density at radius 3 is 2.43 bits per heavy atom. The van der Waals surface area contributed by atoms with E-state index >= 15 is 0 Å². The van der Waals surface area contributed by atoms with E-state index in [4.69, 9.17) is 0 Å². The molecule has 0 aliphatic heterocycles. The monoisotopic (exact) mass is 223 g/mol. The molecule has 1 aromatic carbocycles. The minimum Gasteiger partial charge on any atom is -0.406 e. The summed E-state index contributed by atoms with van der Waals surface area (Å²) in [6, 6.07) is 3.88. The lowest BCUT2D eigenvalue weighted by molar-refractivity contribution is -0.274. The van der Waals surface area contributed by atoms with Crippen LogP contribution in [0.25, 0.3) is 0 Å². The van der Waals surface area contributed by atoms with E-state index in [0.717, 1.165) is 0 Å². The molecule has 2 nitrogen and oxygen atoms in total. The van der Waals surface area contributed by atoms with E-state index < -0.39 is 6.36 Å². The smallest absolute Gasteiger partial charge is 0.406 e.